The molecule has 0 fully saturated rings. The minimum atomic E-state index is -0.407. The van der Waals surface area contributed by atoms with Gasteiger partial charge in [0.2, 0.25) is 0 Å². The van der Waals surface area contributed by atoms with Crippen LogP contribution < -0.4 is 5.76 Å². The Hall–Kier alpha value is -2.75. The zero-order valence-electron chi connectivity index (χ0n) is 10.00. The van der Waals surface area contributed by atoms with Crippen LogP contribution in [0.5, 0.6) is 0 Å². The maximum absolute atomic E-state index is 9.85. The second-order valence-corrected chi connectivity index (χ2v) is 3.95. The number of nitrogens with one attached hydrogen (secondary N) is 1. The van der Waals surface area contributed by atoms with E-state index in [4.69, 9.17) is 4.42 Å². The summed E-state index contributed by atoms with van der Waals surface area (Å²) in [6.45, 7) is 0. The zero-order chi connectivity index (χ0) is 13.1. The van der Waals surface area contributed by atoms with Crippen LogP contribution in [0.1, 0.15) is 0 Å². The van der Waals surface area contributed by atoms with E-state index in [9.17, 15) is 4.79 Å². The summed E-state index contributed by atoms with van der Waals surface area (Å²) in [7, 11) is 0. The number of oxazole rings is 1. The van der Waals surface area contributed by atoms with Crippen molar-refractivity contribution in [3.8, 4) is 0 Å². The predicted molar refractivity (Wildman–Crippen MR) is 73.0 cm³/mol. The molecular weight excluding hydrogens is 242 g/mol. The quantitative estimate of drug-likeness (QED) is 0.521. The highest BCUT2D eigenvalue weighted by atomic mass is 16.4. The van der Waals surface area contributed by atoms with Gasteiger partial charge in [-0.2, -0.15) is 0 Å². The molecule has 0 radical (unpaired) electrons. The first-order valence-electron chi connectivity index (χ1n) is 5.83. The first-order valence-corrected chi connectivity index (χ1v) is 5.83. The van der Waals surface area contributed by atoms with Crippen LogP contribution in [0.25, 0.3) is 21.9 Å². The van der Waals surface area contributed by atoms with E-state index >= 15 is 0 Å². The third kappa shape index (κ3) is 2.28. The SMILES string of the molecule is O=c1[nH]cco1.c1ccc2c(c1)oc1ccccc12. The van der Waals surface area contributed by atoms with Gasteiger partial charge in [-0.15, -0.1) is 0 Å². The molecule has 0 bridgehead atoms. The maximum atomic E-state index is 9.85. The van der Waals surface area contributed by atoms with Crippen LogP contribution in [0, 0.1) is 0 Å². The monoisotopic (exact) mass is 253 g/mol. The summed E-state index contributed by atoms with van der Waals surface area (Å²) in [5.74, 6) is -0.407. The first kappa shape index (κ1) is 11.3. The molecule has 4 heteroatoms. The van der Waals surface area contributed by atoms with Gasteiger partial charge in [-0.1, -0.05) is 36.4 Å². The summed E-state index contributed by atoms with van der Waals surface area (Å²) >= 11 is 0. The van der Waals surface area contributed by atoms with Crippen molar-refractivity contribution < 1.29 is 8.83 Å². The molecule has 4 nitrogen and oxygen atoms in total. The molecule has 2 heterocycles. The summed E-state index contributed by atoms with van der Waals surface area (Å²) in [5, 5.41) is 2.39. The molecule has 0 atom stereocenters. The van der Waals surface area contributed by atoms with E-state index < -0.39 is 5.76 Å². The topological polar surface area (TPSA) is 59.1 Å². The fourth-order valence-corrected chi connectivity index (χ4v) is 1.91. The number of aromatic amines is 1. The van der Waals surface area contributed by atoms with Crippen molar-refractivity contribution >= 4 is 21.9 Å². The van der Waals surface area contributed by atoms with Gasteiger partial charge < -0.3 is 8.83 Å². The van der Waals surface area contributed by atoms with E-state index in [1.54, 1.807) is 0 Å². The largest absolute Gasteiger partial charge is 0.456 e. The molecule has 0 saturated heterocycles. The number of rotatable bonds is 0. The van der Waals surface area contributed by atoms with Crippen molar-refractivity contribution in [2.45, 2.75) is 0 Å². The molecule has 4 aromatic rings. The van der Waals surface area contributed by atoms with Crippen molar-refractivity contribution in [1.82, 2.24) is 4.98 Å². The number of fused-ring (bicyclic) bond motifs is 3. The second kappa shape index (κ2) is 4.86. The zero-order valence-corrected chi connectivity index (χ0v) is 10.00. The molecule has 19 heavy (non-hydrogen) atoms. The average Bonchev–Trinajstić information content (AvgIpc) is 3.06. The predicted octanol–water partition coefficient (Wildman–Crippen LogP) is 3.55. The number of benzene rings is 2. The lowest BCUT2D eigenvalue weighted by atomic mass is 10.2. The van der Waals surface area contributed by atoms with Crippen LogP contribution in [0.3, 0.4) is 0 Å². The highest BCUT2D eigenvalue weighted by molar-refractivity contribution is 6.04. The highest BCUT2D eigenvalue weighted by Crippen LogP contribution is 2.27. The lowest BCUT2D eigenvalue weighted by molar-refractivity contribution is 0.515. The summed E-state index contributed by atoms with van der Waals surface area (Å²) < 4.78 is 9.87. The van der Waals surface area contributed by atoms with Crippen LogP contribution in [0.2, 0.25) is 0 Å². The molecule has 0 saturated carbocycles. The lowest BCUT2D eigenvalue weighted by Gasteiger charge is -1.85. The Labute approximate surface area is 108 Å². The van der Waals surface area contributed by atoms with Gasteiger partial charge in [-0.3, -0.25) is 4.98 Å². The van der Waals surface area contributed by atoms with E-state index in [1.165, 1.54) is 23.2 Å². The average molecular weight is 253 g/mol. The van der Waals surface area contributed by atoms with E-state index in [2.05, 4.69) is 21.5 Å². The van der Waals surface area contributed by atoms with Crippen molar-refractivity contribution in [1.29, 1.82) is 0 Å². The summed E-state index contributed by atoms with van der Waals surface area (Å²) in [6, 6.07) is 16.2. The molecule has 0 aliphatic rings. The second-order valence-electron chi connectivity index (χ2n) is 3.95. The minimum absolute atomic E-state index is 0.407. The Bertz CT molecular complexity index is 787. The van der Waals surface area contributed by atoms with Crippen molar-refractivity contribution in [2.24, 2.45) is 0 Å². The van der Waals surface area contributed by atoms with Gasteiger partial charge in [0.1, 0.15) is 17.4 Å². The minimum Gasteiger partial charge on any atom is -0.456 e. The highest BCUT2D eigenvalue weighted by Gasteiger charge is 2.03. The van der Waals surface area contributed by atoms with E-state index in [0.717, 1.165) is 11.2 Å². The molecule has 0 aliphatic carbocycles. The Balaban J connectivity index is 0.000000155. The van der Waals surface area contributed by atoms with Gasteiger partial charge in [-0.25, -0.2) is 4.79 Å². The maximum Gasteiger partial charge on any atom is 0.416 e. The van der Waals surface area contributed by atoms with Crippen molar-refractivity contribution in [3.63, 3.8) is 0 Å². The summed E-state index contributed by atoms with van der Waals surface area (Å²) in [6.07, 6.45) is 2.73. The molecular formula is C15H11NO3. The normalized spacial score (nSPS) is 10.3. The number of furan rings is 1. The number of H-pyrrole nitrogens is 1. The Morgan fingerprint density at radius 1 is 0.842 bits per heavy atom. The van der Waals surface area contributed by atoms with E-state index in [-0.39, 0.29) is 0 Å². The summed E-state index contributed by atoms with van der Waals surface area (Å²) in [4.78, 5) is 12.1. The Morgan fingerprint density at radius 2 is 1.42 bits per heavy atom. The molecule has 0 unspecified atom stereocenters. The van der Waals surface area contributed by atoms with Gasteiger partial charge >= 0.3 is 5.76 Å². The molecule has 1 N–H and O–H groups in total. The van der Waals surface area contributed by atoms with Crippen LogP contribution in [-0.4, -0.2) is 4.98 Å². The van der Waals surface area contributed by atoms with Crippen molar-refractivity contribution in [2.75, 3.05) is 0 Å². The molecule has 0 aliphatic heterocycles. The third-order valence-corrected chi connectivity index (χ3v) is 2.73. The Morgan fingerprint density at radius 3 is 1.84 bits per heavy atom. The van der Waals surface area contributed by atoms with Gasteiger partial charge in [0, 0.05) is 17.0 Å². The summed E-state index contributed by atoms with van der Waals surface area (Å²) in [5.41, 5.74) is 1.92. The number of hydrogen-bond donors (Lipinski definition) is 1. The molecule has 0 spiro atoms. The lowest BCUT2D eigenvalue weighted by Crippen LogP contribution is -1.91. The third-order valence-electron chi connectivity index (χ3n) is 2.73. The fraction of sp³-hybridized carbons (Fsp3) is 0. The fourth-order valence-electron chi connectivity index (χ4n) is 1.91. The number of para-hydroxylation sites is 2. The van der Waals surface area contributed by atoms with Gasteiger partial charge in [-0.05, 0) is 12.1 Å². The van der Waals surface area contributed by atoms with Gasteiger partial charge in [0.05, 0.1) is 0 Å². The van der Waals surface area contributed by atoms with Crippen LogP contribution in [-0.2, 0) is 0 Å². The van der Waals surface area contributed by atoms with Crippen molar-refractivity contribution in [3.05, 3.63) is 71.5 Å². The first-order chi connectivity index (χ1) is 9.34. The number of aromatic nitrogens is 1. The van der Waals surface area contributed by atoms with Gasteiger partial charge in [0.25, 0.3) is 0 Å². The van der Waals surface area contributed by atoms with E-state index in [1.807, 2.05) is 36.4 Å². The molecule has 2 aromatic carbocycles. The Kier molecular flexibility index (Phi) is 2.90. The standard InChI is InChI=1S/C12H8O.C3H3NO2/c1-3-7-11-9(5-1)10-6-2-4-8-12(10)13-11;5-3-4-1-2-6-3/h1-8H;1-2H,(H,4,5). The van der Waals surface area contributed by atoms with E-state index in [0.29, 0.717) is 0 Å². The number of hydrogen-bond acceptors (Lipinski definition) is 3. The van der Waals surface area contributed by atoms with Crippen LogP contribution >= 0.6 is 0 Å². The van der Waals surface area contributed by atoms with Gasteiger partial charge in [0.15, 0.2) is 0 Å². The molecule has 4 rings (SSSR count). The molecule has 2 aromatic heterocycles. The molecule has 0 amide bonds. The smallest absolute Gasteiger partial charge is 0.416 e. The van der Waals surface area contributed by atoms with Crippen LogP contribution in [0.15, 0.2) is 74.6 Å². The molecule has 94 valence electrons. The van der Waals surface area contributed by atoms with Crippen LogP contribution in [0.4, 0.5) is 0 Å².